The van der Waals surface area contributed by atoms with Crippen LogP contribution in [0.15, 0.2) is 78.9 Å². The molecule has 0 unspecified atom stereocenters. The molecule has 158 valence electrons. The van der Waals surface area contributed by atoms with Crippen molar-refractivity contribution in [3.8, 4) is 0 Å². The first-order valence-corrected chi connectivity index (χ1v) is 10.9. The van der Waals surface area contributed by atoms with E-state index in [1.54, 1.807) is 7.05 Å². The number of amides is 2. The zero-order valence-electron chi connectivity index (χ0n) is 18.0. The Morgan fingerprint density at radius 1 is 0.844 bits per heavy atom. The number of benzene rings is 4. The second-order valence-electron chi connectivity index (χ2n) is 8.83. The molecule has 1 saturated heterocycles. The fourth-order valence-corrected chi connectivity index (χ4v) is 5.82. The molecule has 4 heteroatoms. The van der Waals surface area contributed by atoms with Gasteiger partial charge in [-0.05, 0) is 43.9 Å². The number of imide groups is 1. The van der Waals surface area contributed by atoms with Crippen LogP contribution in [0.25, 0.3) is 32.3 Å². The summed E-state index contributed by atoms with van der Waals surface area (Å²) in [5, 5.41) is 7.19. The standard InChI is InChI=1S/C28H23NO3/c1-29-26(30)25-18(12-7-15-28(25,32-2)27(29)31)17-13-14-23-21-10-4-3-8-19(21)20-9-5-6-11-22(20)24(23)16-17/h3-14,16,18,25H,15H2,1-2H3/t18-,25-,28+/m0/s1. The van der Waals surface area contributed by atoms with E-state index in [9.17, 15) is 9.59 Å². The van der Waals surface area contributed by atoms with Crippen LogP contribution in [0.5, 0.6) is 0 Å². The summed E-state index contributed by atoms with van der Waals surface area (Å²) in [6.45, 7) is 0. The Labute approximate surface area is 186 Å². The molecule has 1 heterocycles. The Kier molecular flexibility index (Phi) is 4.05. The van der Waals surface area contributed by atoms with Crippen molar-refractivity contribution in [2.75, 3.05) is 14.2 Å². The van der Waals surface area contributed by atoms with Gasteiger partial charge in [-0.2, -0.15) is 0 Å². The quantitative estimate of drug-likeness (QED) is 0.254. The van der Waals surface area contributed by atoms with Crippen molar-refractivity contribution >= 4 is 44.1 Å². The molecule has 0 spiro atoms. The fraction of sp³-hybridized carbons (Fsp3) is 0.214. The third-order valence-electron chi connectivity index (χ3n) is 7.41. The van der Waals surface area contributed by atoms with Gasteiger partial charge >= 0.3 is 0 Å². The Balaban J connectivity index is 1.61. The predicted molar refractivity (Wildman–Crippen MR) is 126 cm³/mol. The summed E-state index contributed by atoms with van der Waals surface area (Å²) in [4.78, 5) is 27.3. The van der Waals surface area contributed by atoms with E-state index in [4.69, 9.17) is 4.74 Å². The highest BCUT2D eigenvalue weighted by Gasteiger charge is 2.61. The molecule has 0 saturated carbocycles. The van der Waals surface area contributed by atoms with Gasteiger partial charge in [0.25, 0.3) is 5.91 Å². The Morgan fingerprint density at radius 3 is 2.00 bits per heavy atom. The molecule has 2 aliphatic rings. The molecule has 1 aliphatic heterocycles. The average molecular weight is 421 g/mol. The summed E-state index contributed by atoms with van der Waals surface area (Å²) >= 11 is 0. The first kappa shape index (κ1) is 19.2. The van der Waals surface area contributed by atoms with Crippen molar-refractivity contribution in [1.82, 2.24) is 4.90 Å². The van der Waals surface area contributed by atoms with E-state index in [-0.39, 0.29) is 17.7 Å². The summed E-state index contributed by atoms with van der Waals surface area (Å²) < 4.78 is 5.76. The normalized spacial score (nSPS) is 25.2. The van der Waals surface area contributed by atoms with Gasteiger partial charge in [-0.15, -0.1) is 0 Å². The number of carbonyl (C=O) groups excluding carboxylic acids is 2. The van der Waals surface area contributed by atoms with E-state index < -0.39 is 11.5 Å². The van der Waals surface area contributed by atoms with E-state index >= 15 is 0 Å². The molecule has 32 heavy (non-hydrogen) atoms. The first-order chi connectivity index (χ1) is 15.6. The third-order valence-corrected chi connectivity index (χ3v) is 7.41. The van der Waals surface area contributed by atoms with Crippen LogP contribution in [-0.4, -0.2) is 36.5 Å². The van der Waals surface area contributed by atoms with Crippen molar-refractivity contribution < 1.29 is 14.3 Å². The van der Waals surface area contributed by atoms with Crippen LogP contribution in [0.3, 0.4) is 0 Å². The summed E-state index contributed by atoms with van der Waals surface area (Å²) in [6.07, 6.45) is 4.47. The molecule has 4 aromatic carbocycles. The Morgan fingerprint density at radius 2 is 1.41 bits per heavy atom. The zero-order chi connectivity index (χ0) is 22.0. The molecule has 0 aromatic heterocycles. The van der Waals surface area contributed by atoms with Crippen LogP contribution >= 0.6 is 0 Å². The van der Waals surface area contributed by atoms with Crippen LogP contribution in [0, 0.1) is 5.92 Å². The minimum atomic E-state index is -1.12. The number of hydrogen-bond acceptors (Lipinski definition) is 3. The number of likely N-dealkylation sites (N-methyl/N-ethyl adjacent to an activating group) is 1. The smallest absolute Gasteiger partial charge is 0.262 e. The van der Waals surface area contributed by atoms with Gasteiger partial charge in [0, 0.05) is 26.5 Å². The largest absolute Gasteiger partial charge is 0.367 e. The number of likely N-dealkylation sites (tertiary alicyclic amines) is 1. The molecular formula is C28H23NO3. The predicted octanol–water partition coefficient (Wildman–Crippen LogP) is 5.19. The van der Waals surface area contributed by atoms with Crippen LogP contribution in [0.4, 0.5) is 0 Å². The van der Waals surface area contributed by atoms with Crippen LogP contribution in [0.1, 0.15) is 17.9 Å². The van der Waals surface area contributed by atoms with E-state index in [1.165, 1.54) is 38.9 Å². The number of hydrogen-bond donors (Lipinski definition) is 0. The van der Waals surface area contributed by atoms with Crippen LogP contribution in [0.2, 0.25) is 0 Å². The number of fused-ring (bicyclic) bond motifs is 7. The molecule has 4 nitrogen and oxygen atoms in total. The number of nitrogens with zero attached hydrogens (tertiary/aromatic N) is 1. The highest BCUT2D eigenvalue weighted by atomic mass is 16.5. The lowest BCUT2D eigenvalue weighted by Gasteiger charge is -2.36. The van der Waals surface area contributed by atoms with Gasteiger partial charge in [-0.3, -0.25) is 14.5 Å². The van der Waals surface area contributed by atoms with Crippen LogP contribution in [-0.2, 0) is 14.3 Å². The Bertz CT molecular complexity index is 1430. The van der Waals surface area contributed by atoms with Crippen LogP contribution < -0.4 is 0 Å². The molecular weight excluding hydrogens is 398 g/mol. The topological polar surface area (TPSA) is 46.6 Å². The van der Waals surface area contributed by atoms with Gasteiger partial charge in [0.2, 0.25) is 5.91 Å². The second kappa shape index (κ2) is 6.75. The minimum Gasteiger partial charge on any atom is -0.367 e. The highest BCUT2D eigenvalue weighted by Crippen LogP contribution is 2.48. The molecule has 3 atom stereocenters. The Hall–Kier alpha value is -3.50. The van der Waals surface area contributed by atoms with Gasteiger partial charge in [0.05, 0.1) is 5.92 Å². The second-order valence-corrected chi connectivity index (χ2v) is 8.83. The van der Waals surface area contributed by atoms with Gasteiger partial charge in [0.1, 0.15) is 0 Å². The summed E-state index contributed by atoms with van der Waals surface area (Å²) in [5.41, 5.74) is -0.0946. The van der Waals surface area contributed by atoms with E-state index in [2.05, 4.69) is 72.8 Å². The molecule has 0 radical (unpaired) electrons. The van der Waals surface area contributed by atoms with Crippen molar-refractivity contribution in [1.29, 1.82) is 0 Å². The molecule has 6 rings (SSSR count). The number of methoxy groups -OCH3 is 1. The molecule has 4 aromatic rings. The number of ether oxygens (including phenoxy) is 1. The maximum Gasteiger partial charge on any atom is 0.262 e. The van der Waals surface area contributed by atoms with Crippen molar-refractivity contribution in [3.63, 3.8) is 0 Å². The maximum absolute atomic E-state index is 13.1. The summed E-state index contributed by atoms with van der Waals surface area (Å²) in [6, 6.07) is 23.4. The monoisotopic (exact) mass is 421 g/mol. The lowest BCUT2D eigenvalue weighted by Crippen LogP contribution is -2.47. The maximum atomic E-state index is 13.1. The van der Waals surface area contributed by atoms with Gasteiger partial charge in [0.15, 0.2) is 5.60 Å². The minimum absolute atomic E-state index is 0.172. The van der Waals surface area contributed by atoms with E-state index in [0.717, 1.165) is 10.9 Å². The van der Waals surface area contributed by atoms with E-state index in [1.807, 2.05) is 6.08 Å². The molecule has 1 fully saturated rings. The third kappa shape index (κ3) is 2.36. The van der Waals surface area contributed by atoms with Gasteiger partial charge < -0.3 is 4.74 Å². The van der Waals surface area contributed by atoms with Crippen molar-refractivity contribution in [2.45, 2.75) is 17.9 Å². The lowest BCUT2D eigenvalue weighted by molar-refractivity contribution is -0.148. The molecule has 0 bridgehead atoms. The number of carbonyl (C=O) groups is 2. The molecule has 2 amide bonds. The van der Waals surface area contributed by atoms with Gasteiger partial charge in [-0.25, -0.2) is 0 Å². The number of rotatable bonds is 2. The summed E-state index contributed by atoms with van der Waals surface area (Å²) in [7, 11) is 3.09. The molecule has 0 N–H and O–H groups in total. The van der Waals surface area contributed by atoms with Gasteiger partial charge in [-0.1, -0.05) is 72.8 Å². The zero-order valence-corrected chi connectivity index (χ0v) is 18.0. The lowest BCUT2D eigenvalue weighted by atomic mass is 9.71. The van der Waals surface area contributed by atoms with Crippen molar-refractivity contribution in [3.05, 3.63) is 84.4 Å². The molecule has 1 aliphatic carbocycles. The summed E-state index contributed by atoms with van der Waals surface area (Å²) in [5.74, 6) is -1.20. The first-order valence-electron chi connectivity index (χ1n) is 10.9. The highest BCUT2D eigenvalue weighted by molar-refractivity contribution is 6.25. The van der Waals surface area contributed by atoms with E-state index in [0.29, 0.717) is 6.42 Å². The fourth-order valence-electron chi connectivity index (χ4n) is 5.82. The SMILES string of the molecule is CO[C@]12CC=C[C@@H](c3ccc4c5ccccc5c5ccccc5c4c3)[C@H]1C(=O)N(C)C2=O. The average Bonchev–Trinajstić information content (AvgIpc) is 3.05. The number of allylic oxidation sites excluding steroid dienone is 1. The van der Waals surface area contributed by atoms with Crippen molar-refractivity contribution in [2.24, 2.45) is 5.92 Å².